The molecule has 2 fully saturated rings. The summed E-state index contributed by atoms with van der Waals surface area (Å²) in [6.07, 6.45) is 6.29. The van der Waals surface area contributed by atoms with Gasteiger partial charge >= 0.3 is 0 Å². The van der Waals surface area contributed by atoms with Gasteiger partial charge in [0.2, 0.25) is 11.8 Å². The number of hydrogen-bond acceptors (Lipinski definition) is 6. The molecule has 37 heavy (non-hydrogen) atoms. The van der Waals surface area contributed by atoms with Crippen LogP contribution in [0.25, 0.3) is 0 Å². The number of amides is 2. The van der Waals surface area contributed by atoms with Crippen LogP contribution in [0.5, 0.6) is 17.2 Å². The van der Waals surface area contributed by atoms with Crippen LogP contribution in [0.15, 0.2) is 42.5 Å². The fraction of sp³-hybridized carbons (Fsp3) is 0.500. The highest BCUT2D eigenvalue weighted by molar-refractivity contribution is 6.31. The molecule has 198 valence electrons. The van der Waals surface area contributed by atoms with Crippen molar-refractivity contribution in [1.29, 1.82) is 0 Å². The van der Waals surface area contributed by atoms with Crippen molar-refractivity contribution < 1.29 is 23.8 Å². The Kier molecular flexibility index (Phi) is 8.48. The Morgan fingerprint density at radius 3 is 2.54 bits per heavy atom. The molecule has 8 nitrogen and oxygen atoms in total. The van der Waals surface area contributed by atoms with Gasteiger partial charge in [-0.2, -0.15) is 0 Å². The van der Waals surface area contributed by atoms with Crippen molar-refractivity contribution in [2.75, 3.05) is 51.3 Å². The fourth-order valence-electron chi connectivity index (χ4n) is 5.25. The van der Waals surface area contributed by atoms with Gasteiger partial charge in [-0.3, -0.25) is 14.5 Å². The van der Waals surface area contributed by atoms with Crippen molar-refractivity contribution in [3.05, 3.63) is 47.5 Å². The van der Waals surface area contributed by atoms with E-state index in [-0.39, 0.29) is 24.3 Å². The van der Waals surface area contributed by atoms with Crippen LogP contribution in [0.2, 0.25) is 5.02 Å². The molecule has 2 aromatic carbocycles. The maximum absolute atomic E-state index is 13.4. The number of anilines is 1. The van der Waals surface area contributed by atoms with Crippen molar-refractivity contribution in [1.82, 2.24) is 9.80 Å². The van der Waals surface area contributed by atoms with Gasteiger partial charge in [-0.25, -0.2) is 0 Å². The third-order valence-corrected chi connectivity index (χ3v) is 7.51. The lowest BCUT2D eigenvalue weighted by Gasteiger charge is -2.46. The molecule has 1 saturated heterocycles. The smallest absolute Gasteiger partial charge is 0.244 e. The van der Waals surface area contributed by atoms with Crippen LogP contribution in [0.3, 0.4) is 0 Å². The molecule has 0 unspecified atom stereocenters. The van der Waals surface area contributed by atoms with Crippen LogP contribution >= 0.6 is 11.6 Å². The number of benzene rings is 2. The van der Waals surface area contributed by atoms with E-state index in [9.17, 15) is 9.59 Å². The van der Waals surface area contributed by atoms with E-state index < -0.39 is 0 Å². The number of ether oxygens (including phenoxy) is 3. The zero-order chi connectivity index (χ0) is 25.6. The Morgan fingerprint density at radius 1 is 0.946 bits per heavy atom. The molecular formula is C28H34ClN3O5. The van der Waals surface area contributed by atoms with E-state index in [2.05, 4.69) is 10.2 Å². The molecule has 0 bridgehead atoms. The monoisotopic (exact) mass is 527 g/mol. The predicted molar refractivity (Wildman–Crippen MR) is 141 cm³/mol. The Morgan fingerprint density at radius 2 is 1.73 bits per heavy atom. The van der Waals surface area contributed by atoms with E-state index in [4.69, 9.17) is 25.8 Å². The molecule has 0 spiro atoms. The molecule has 0 atom stereocenters. The summed E-state index contributed by atoms with van der Waals surface area (Å²) in [4.78, 5) is 30.5. The Labute approximate surface area is 222 Å². The molecule has 2 aliphatic heterocycles. The molecule has 2 amide bonds. The summed E-state index contributed by atoms with van der Waals surface area (Å²) in [5.41, 5.74) is 0.429. The number of rotatable bonds is 2. The lowest BCUT2D eigenvalue weighted by atomic mass is 9.88. The van der Waals surface area contributed by atoms with Gasteiger partial charge in [0.25, 0.3) is 0 Å². The molecule has 2 heterocycles. The minimum Gasteiger partial charge on any atom is -0.487 e. The van der Waals surface area contributed by atoms with E-state index in [1.807, 2.05) is 18.2 Å². The summed E-state index contributed by atoms with van der Waals surface area (Å²) in [7, 11) is 0. The first kappa shape index (κ1) is 25.8. The minimum atomic E-state index is -0.316. The number of carbonyl (C=O) groups excluding carboxylic acids is 2. The highest BCUT2D eigenvalue weighted by atomic mass is 35.5. The van der Waals surface area contributed by atoms with Crippen molar-refractivity contribution in [2.45, 2.75) is 38.1 Å². The van der Waals surface area contributed by atoms with Gasteiger partial charge in [0, 0.05) is 30.7 Å². The summed E-state index contributed by atoms with van der Waals surface area (Å²) in [5, 5.41) is 3.35. The molecular weight excluding hydrogens is 494 g/mol. The highest BCUT2D eigenvalue weighted by Gasteiger charge is 2.39. The minimum absolute atomic E-state index is 0.00125. The summed E-state index contributed by atoms with van der Waals surface area (Å²) >= 11 is 6.23. The molecule has 1 N–H and O–H groups in total. The molecule has 0 radical (unpaired) electrons. The summed E-state index contributed by atoms with van der Waals surface area (Å²) in [6.45, 7) is 2.80. The third-order valence-electron chi connectivity index (χ3n) is 7.27. The number of hydrogen-bond donors (Lipinski definition) is 1. The zero-order valence-electron chi connectivity index (χ0n) is 21.0. The summed E-state index contributed by atoms with van der Waals surface area (Å²) < 4.78 is 17.7. The van der Waals surface area contributed by atoms with Crippen molar-refractivity contribution in [3.63, 3.8) is 0 Å². The first-order valence-electron chi connectivity index (χ1n) is 13.2. The van der Waals surface area contributed by atoms with Gasteiger partial charge in [-0.05, 0) is 43.2 Å². The van der Waals surface area contributed by atoms with E-state index in [1.165, 1.54) is 32.1 Å². The number of fused-ring (bicyclic) bond motifs is 2. The van der Waals surface area contributed by atoms with Crippen molar-refractivity contribution >= 4 is 29.1 Å². The first-order valence-corrected chi connectivity index (χ1v) is 13.5. The third kappa shape index (κ3) is 6.55. The predicted octanol–water partition coefficient (Wildman–Crippen LogP) is 4.57. The molecule has 1 aliphatic carbocycles. The SMILES string of the molecule is O=C1CN(C(=O)C2CN(C3CCCCC3)C2)CCOCCOc2ccccc2Oc2ccc(Cl)cc2N1. The van der Waals surface area contributed by atoms with Gasteiger partial charge in [0.05, 0.1) is 31.4 Å². The second-order valence-electron chi connectivity index (χ2n) is 9.90. The number of para-hydroxylation sites is 2. The average Bonchev–Trinajstić information content (AvgIpc) is 2.87. The quantitative estimate of drug-likeness (QED) is 0.616. The highest BCUT2D eigenvalue weighted by Crippen LogP contribution is 2.36. The standard InChI is InChI=1S/C28H34ClN3O5/c29-21-10-11-24-23(16-21)30-27(33)19-31(28(34)20-17-32(18-20)22-6-2-1-3-7-22)12-13-35-14-15-36-25-8-4-5-9-26(25)37-24/h4-5,8-11,16,20,22H,1-3,6-7,12-15,17-19H2,(H,30,33). The molecule has 5 rings (SSSR count). The number of nitrogens with zero attached hydrogens (tertiary/aromatic N) is 2. The summed E-state index contributed by atoms with van der Waals surface area (Å²) in [5.74, 6) is 1.11. The van der Waals surface area contributed by atoms with E-state index in [0.29, 0.717) is 60.4 Å². The van der Waals surface area contributed by atoms with Crippen LogP contribution in [0, 0.1) is 5.92 Å². The summed E-state index contributed by atoms with van der Waals surface area (Å²) in [6, 6.07) is 13.0. The fourth-order valence-corrected chi connectivity index (χ4v) is 5.42. The van der Waals surface area contributed by atoms with Crippen LogP contribution in [-0.4, -0.2) is 73.7 Å². The zero-order valence-corrected chi connectivity index (χ0v) is 21.8. The second-order valence-corrected chi connectivity index (χ2v) is 10.3. The van der Waals surface area contributed by atoms with Crippen molar-refractivity contribution in [2.24, 2.45) is 5.92 Å². The average molecular weight is 528 g/mol. The van der Waals surface area contributed by atoms with E-state index in [1.54, 1.807) is 29.2 Å². The first-order chi connectivity index (χ1) is 18.1. The lowest BCUT2D eigenvalue weighted by molar-refractivity contribution is -0.145. The van der Waals surface area contributed by atoms with Crippen LogP contribution in [-0.2, 0) is 14.3 Å². The van der Waals surface area contributed by atoms with Gasteiger partial charge in [-0.15, -0.1) is 0 Å². The topological polar surface area (TPSA) is 80.3 Å². The van der Waals surface area contributed by atoms with E-state index >= 15 is 0 Å². The Bertz CT molecular complexity index is 1100. The Hall–Kier alpha value is -2.81. The van der Waals surface area contributed by atoms with Crippen LogP contribution in [0.1, 0.15) is 32.1 Å². The van der Waals surface area contributed by atoms with E-state index in [0.717, 1.165) is 13.1 Å². The number of carbonyl (C=O) groups is 2. The molecule has 2 aromatic rings. The second kappa shape index (κ2) is 12.2. The maximum Gasteiger partial charge on any atom is 0.244 e. The van der Waals surface area contributed by atoms with Gasteiger partial charge in [-0.1, -0.05) is 43.0 Å². The van der Waals surface area contributed by atoms with Gasteiger partial charge < -0.3 is 24.4 Å². The van der Waals surface area contributed by atoms with Crippen LogP contribution < -0.4 is 14.8 Å². The van der Waals surface area contributed by atoms with Gasteiger partial charge in [0.15, 0.2) is 17.2 Å². The largest absolute Gasteiger partial charge is 0.487 e. The maximum atomic E-state index is 13.4. The molecule has 9 heteroatoms. The van der Waals surface area contributed by atoms with Crippen LogP contribution in [0.4, 0.5) is 5.69 Å². The van der Waals surface area contributed by atoms with Crippen molar-refractivity contribution in [3.8, 4) is 17.2 Å². The van der Waals surface area contributed by atoms with Gasteiger partial charge in [0.1, 0.15) is 6.61 Å². The molecule has 3 aliphatic rings. The lowest BCUT2D eigenvalue weighted by Crippen LogP contribution is -2.58. The number of halogens is 1. The Balaban J connectivity index is 1.29. The normalized spacial score (nSPS) is 20.7. The number of likely N-dealkylation sites (tertiary alicyclic amines) is 1. The molecule has 0 aromatic heterocycles. The molecule has 1 saturated carbocycles. The number of nitrogens with one attached hydrogen (secondary N) is 1.